The molecule has 15 heavy (non-hydrogen) atoms. The number of hydrogen-bond donors (Lipinski definition) is 0. The minimum absolute atomic E-state index is 0.0286. The molecule has 2 unspecified atom stereocenters. The Labute approximate surface area is 94.4 Å². The molecule has 2 atom stereocenters. The molecule has 2 heterocycles. The molecule has 1 saturated heterocycles. The summed E-state index contributed by atoms with van der Waals surface area (Å²) in [5, 5.41) is -0.240. The summed E-state index contributed by atoms with van der Waals surface area (Å²) in [4.78, 5) is 3.98. The number of nitrogens with zero attached hydrogens (tertiary/aromatic N) is 1. The number of sulfone groups is 1. The van der Waals surface area contributed by atoms with Gasteiger partial charge in [-0.15, -0.1) is 11.6 Å². The van der Waals surface area contributed by atoms with Gasteiger partial charge in [-0.1, -0.05) is 6.07 Å². The van der Waals surface area contributed by atoms with Crippen LogP contribution >= 0.6 is 11.6 Å². The minimum Gasteiger partial charge on any atom is -0.264 e. The van der Waals surface area contributed by atoms with Gasteiger partial charge in [0.05, 0.1) is 16.9 Å². The van der Waals surface area contributed by atoms with Gasteiger partial charge in [0.25, 0.3) is 0 Å². The third-order valence-electron chi connectivity index (χ3n) is 2.68. The van der Waals surface area contributed by atoms with Gasteiger partial charge in [-0.25, -0.2) is 8.42 Å². The molecular weight excluding hydrogens is 234 g/mol. The Morgan fingerprint density at radius 2 is 2.33 bits per heavy atom. The molecule has 0 aromatic carbocycles. The highest BCUT2D eigenvalue weighted by molar-refractivity contribution is 7.91. The van der Waals surface area contributed by atoms with Crippen molar-refractivity contribution in [3.63, 3.8) is 0 Å². The highest BCUT2D eigenvalue weighted by atomic mass is 35.5. The van der Waals surface area contributed by atoms with E-state index >= 15 is 0 Å². The molecule has 0 radical (unpaired) electrons. The second-order valence-electron chi connectivity index (χ2n) is 3.85. The highest BCUT2D eigenvalue weighted by Gasteiger charge is 2.33. The first-order valence-electron chi connectivity index (χ1n) is 4.83. The third-order valence-corrected chi connectivity index (χ3v) is 5.09. The lowest BCUT2D eigenvalue weighted by molar-refractivity contribution is 0.568. The molecule has 0 aliphatic carbocycles. The summed E-state index contributed by atoms with van der Waals surface area (Å²) in [7, 11) is -2.85. The van der Waals surface area contributed by atoms with E-state index in [-0.39, 0.29) is 22.8 Å². The van der Waals surface area contributed by atoms with Gasteiger partial charge < -0.3 is 0 Å². The molecular formula is C10H12ClNO2S. The van der Waals surface area contributed by atoms with Crippen LogP contribution in [0.2, 0.25) is 0 Å². The Morgan fingerprint density at radius 1 is 1.53 bits per heavy atom. The van der Waals surface area contributed by atoms with Crippen molar-refractivity contribution in [2.75, 3.05) is 11.5 Å². The van der Waals surface area contributed by atoms with Crippen molar-refractivity contribution < 1.29 is 8.42 Å². The molecule has 1 fully saturated rings. The van der Waals surface area contributed by atoms with Gasteiger partial charge in [0.15, 0.2) is 9.84 Å². The first-order valence-corrected chi connectivity index (χ1v) is 7.09. The molecule has 2 rings (SSSR count). The van der Waals surface area contributed by atoms with Gasteiger partial charge in [0.1, 0.15) is 0 Å². The van der Waals surface area contributed by atoms with Gasteiger partial charge in [0.2, 0.25) is 0 Å². The lowest BCUT2D eigenvalue weighted by atomic mass is 10.00. The maximum absolute atomic E-state index is 11.3. The summed E-state index contributed by atoms with van der Waals surface area (Å²) in [5.74, 6) is 0.498. The first kappa shape index (κ1) is 10.9. The number of aromatic nitrogens is 1. The molecule has 5 heteroatoms. The van der Waals surface area contributed by atoms with E-state index in [4.69, 9.17) is 11.6 Å². The van der Waals surface area contributed by atoms with Crippen LogP contribution in [0.4, 0.5) is 0 Å². The van der Waals surface area contributed by atoms with E-state index < -0.39 is 9.84 Å². The number of hydrogen-bond acceptors (Lipinski definition) is 3. The van der Waals surface area contributed by atoms with E-state index in [2.05, 4.69) is 4.98 Å². The Kier molecular flexibility index (Phi) is 2.98. The van der Waals surface area contributed by atoms with Crippen molar-refractivity contribution in [1.29, 1.82) is 0 Å². The van der Waals surface area contributed by atoms with Crippen molar-refractivity contribution in [2.24, 2.45) is 5.92 Å². The molecule has 0 bridgehead atoms. The van der Waals surface area contributed by atoms with Crippen LogP contribution in [0, 0.1) is 5.92 Å². The summed E-state index contributed by atoms with van der Waals surface area (Å²) in [6.45, 7) is 0. The fraction of sp³-hybridized carbons (Fsp3) is 0.500. The van der Waals surface area contributed by atoms with Gasteiger partial charge in [-0.3, -0.25) is 4.98 Å². The quantitative estimate of drug-likeness (QED) is 0.747. The maximum atomic E-state index is 11.3. The lowest BCUT2D eigenvalue weighted by Gasteiger charge is -2.14. The van der Waals surface area contributed by atoms with Gasteiger partial charge >= 0.3 is 0 Å². The second kappa shape index (κ2) is 4.10. The summed E-state index contributed by atoms with van der Waals surface area (Å²) in [5.41, 5.74) is 0.904. The first-order chi connectivity index (χ1) is 7.08. The SMILES string of the molecule is O=S1(=O)CCC(C(Cl)c2cccnc2)C1. The van der Waals surface area contributed by atoms with Crippen LogP contribution in [0.15, 0.2) is 24.5 Å². The number of halogens is 1. The topological polar surface area (TPSA) is 47.0 Å². The molecule has 1 aliphatic rings. The van der Waals surface area contributed by atoms with Crippen molar-refractivity contribution in [3.8, 4) is 0 Å². The van der Waals surface area contributed by atoms with Crippen LogP contribution in [-0.4, -0.2) is 24.9 Å². The summed E-state index contributed by atoms with van der Waals surface area (Å²) in [6.07, 6.45) is 4.03. The molecule has 0 amide bonds. The average Bonchev–Trinajstić information content (AvgIpc) is 2.59. The van der Waals surface area contributed by atoms with Gasteiger partial charge in [-0.2, -0.15) is 0 Å². The largest absolute Gasteiger partial charge is 0.264 e. The molecule has 0 N–H and O–H groups in total. The number of alkyl halides is 1. The Hall–Kier alpha value is -0.610. The van der Waals surface area contributed by atoms with E-state index in [0.29, 0.717) is 6.42 Å². The molecule has 82 valence electrons. The fourth-order valence-electron chi connectivity index (χ4n) is 1.87. The summed E-state index contributed by atoms with van der Waals surface area (Å²) < 4.78 is 22.6. The van der Waals surface area contributed by atoms with Gasteiger partial charge in [-0.05, 0) is 24.0 Å². The molecule has 3 nitrogen and oxygen atoms in total. The highest BCUT2D eigenvalue weighted by Crippen LogP contribution is 2.35. The second-order valence-corrected chi connectivity index (χ2v) is 6.55. The van der Waals surface area contributed by atoms with E-state index in [1.54, 1.807) is 12.4 Å². The zero-order valence-corrected chi connectivity index (χ0v) is 9.71. The van der Waals surface area contributed by atoms with Gasteiger partial charge in [0, 0.05) is 12.4 Å². The van der Waals surface area contributed by atoms with E-state index in [1.807, 2.05) is 12.1 Å². The predicted molar refractivity (Wildman–Crippen MR) is 59.6 cm³/mol. The standard InChI is InChI=1S/C10H12ClNO2S/c11-10(8-2-1-4-12-6-8)9-3-5-15(13,14)7-9/h1-2,4,6,9-10H,3,5,7H2. The molecule has 1 aliphatic heterocycles. The zero-order valence-electron chi connectivity index (χ0n) is 8.14. The molecule has 0 saturated carbocycles. The van der Waals surface area contributed by atoms with Crippen LogP contribution in [0.1, 0.15) is 17.4 Å². The van der Waals surface area contributed by atoms with Crippen LogP contribution in [-0.2, 0) is 9.84 Å². The average molecular weight is 246 g/mol. The Balaban J connectivity index is 2.14. The van der Waals surface area contributed by atoms with E-state index in [1.165, 1.54) is 0 Å². The summed E-state index contributed by atoms with van der Waals surface area (Å²) >= 11 is 6.24. The van der Waals surface area contributed by atoms with Crippen molar-refractivity contribution in [1.82, 2.24) is 4.98 Å². The number of pyridine rings is 1. The lowest BCUT2D eigenvalue weighted by Crippen LogP contribution is -2.10. The Bertz CT molecular complexity index is 432. The number of rotatable bonds is 2. The Morgan fingerprint density at radius 3 is 2.87 bits per heavy atom. The minimum atomic E-state index is -2.85. The van der Waals surface area contributed by atoms with Crippen molar-refractivity contribution in [3.05, 3.63) is 30.1 Å². The molecule has 0 spiro atoms. The monoisotopic (exact) mass is 245 g/mol. The van der Waals surface area contributed by atoms with Crippen LogP contribution in [0.3, 0.4) is 0 Å². The van der Waals surface area contributed by atoms with Crippen LogP contribution in [0.5, 0.6) is 0 Å². The van der Waals surface area contributed by atoms with Crippen molar-refractivity contribution >= 4 is 21.4 Å². The molecule has 1 aromatic heterocycles. The summed E-state index contributed by atoms with van der Waals surface area (Å²) in [6, 6.07) is 3.70. The normalized spacial score (nSPS) is 26.3. The van der Waals surface area contributed by atoms with Crippen LogP contribution < -0.4 is 0 Å². The van der Waals surface area contributed by atoms with E-state index in [9.17, 15) is 8.42 Å². The fourth-order valence-corrected chi connectivity index (χ4v) is 4.16. The third kappa shape index (κ3) is 2.49. The van der Waals surface area contributed by atoms with Crippen LogP contribution in [0.25, 0.3) is 0 Å². The van der Waals surface area contributed by atoms with E-state index in [0.717, 1.165) is 5.56 Å². The maximum Gasteiger partial charge on any atom is 0.150 e. The molecule has 1 aromatic rings. The van der Waals surface area contributed by atoms with Crippen molar-refractivity contribution in [2.45, 2.75) is 11.8 Å². The zero-order chi connectivity index (χ0) is 10.9. The predicted octanol–water partition coefficient (Wildman–Crippen LogP) is 1.80. The smallest absolute Gasteiger partial charge is 0.150 e.